The maximum absolute atomic E-state index is 13.2. The van der Waals surface area contributed by atoms with Crippen molar-refractivity contribution in [2.75, 3.05) is 13.1 Å². The van der Waals surface area contributed by atoms with Gasteiger partial charge in [-0.2, -0.15) is 0 Å². The lowest BCUT2D eigenvalue weighted by molar-refractivity contribution is 0.465. The van der Waals surface area contributed by atoms with E-state index in [1.807, 2.05) is 18.2 Å². The van der Waals surface area contributed by atoms with Gasteiger partial charge in [-0.25, -0.2) is 9.37 Å². The van der Waals surface area contributed by atoms with Crippen molar-refractivity contribution in [3.63, 3.8) is 0 Å². The second kappa shape index (κ2) is 6.79. The van der Waals surface area contributed by atoms with E-state index in [0.29, 0.717) is 5.92 Å². The fourth-order valence-corrected chi connectivity index (χ4v) is 4.34. The molecule has 1 saturated heterocycles. The lowest BCUT2D eigenvalue weighted by Gasteiger charge is -2.22. The van der Waals surface area contributed by atoms with Gasteiger partial charge in [0, 0.05) is 16.6 Å². The molecule has 5 heteroatoms. The molecule has 0 bridgehead atoms. The molecule has 3 heterocycles. The second-order valence-corrected chi connectivity index (χ2v) is 7.01. The summed E-state index contributed by atoms with van der Waals surface area (Å²) in [6.07, 6.45) is 4.04. The lowest BCUT2D eigenvalue weighted by Crippen LogP contribution is -2.26. The van der Waals surface area contributed by atoms with Crippen LogP contribution >= 0.6 is 11.3 Å². The summed E-state index contributed by atoms with van der Waals surface area (Å²) in [5.74, 6) is 0.286. The van der Waals surface area contributed by atoms with Crippen molar-refractivity contribution < 1.29 is 4.39 Å². The molecule has 0 saturated carbocycles. The van der Waals surface area contributed by atoms with E-state index in [-0.39, 0.29) is 5.82 Å². The van der Waals surface area contributed by atoms with Crippen molar-refractivity contribution in [3.8, 4) is 22.0 Å². The first-order chi connectivity index (χ1) is 11.8. The van der Waals surface area contributed by atoms with Gasteiger partial charge >= 0.3 is 0 Å². The molecule has 1 aliphatic heterocycles. The van der Waals surface area contributed by atoms with Gasteiger partial charge in [0.1, 0.15) is 16.5 Å². The number of thiazole rings is 1. The average molecular weight is 339 g/mol. The van der Waals surface area contributed by atoms with Crippen LogP contribution in [0.5, 0.6) is 0 Å². The monoisotopic (exact) mass is 339 g/mol. The van der Waals surface area contributed by atoms with E-state index in [0.717, 1.165) is 47.9 Å². The van der Waals surface area contributed by atoms with Crippen molar-refractivity contribution in [2.24, 2.45) is 0 Å². The van der Waals surface area contributed by atoms with Crippen LogP contribution in [0.3, 0.4) is 0 Å². The first-order valence-corrected chi connectivity index (χ1v) is 9.02. The Morgan fingerprint density at radius 1 is 1.04 bits per heavy atom. The van der Waals surface area contributed by atoms with Gasteiger partial charge in [0.25, 0.3) is 0 Å². The summed E-state index contributed by atoms with van der Waals surface area (Å²) in [5, 5.41) is 4.35. The molecule has 1 fully saturated rings. The van der Waals surface area contributed by atoms with Gasteiger partial charge in [-0.1, -0.05) is 6.07 Å². The Balaban J connectivity index is 1.79. The number of hydrogen-bond donors (Lipinski definition) is 1. The van der Waals surface area contributed by atoms with E-state index in [4.69, 9.17) is 4.98 Å². The van der Waals surface area contributed by atoms with Crippen LogP contribution in [-0.4, -0.2) is 23.1 Å². The lowest BCUT2D eigenvalue weighted by atomic mass is 9.94. The summed E-state index contributed by atoms with van der Waals surface area (Å²) in [4.78, 5) is 10.7. The molecule has 122 valence electrons. The fourth-order valence-electron chi connectivity index (χ4n) is 3.10. The zero-order valence-electron chi connectivity index (χ0n) is 13.2. The largest absolute Gasteiger partial charge is 0.317 e. The molecule has 0 radical (unpaired) electrons. The normalized spacial score (nSPS) is 15.5. The Hall–Kier alpha value is -2.11. The average Bonchev–Trinajstić information content (AvgIpc) is 3.09. The highest BCUT2D eigenvalue weighted by atomic mass is 32.1. The molecule has 1 aliphatic rings. The van der Waals surface area contributed by atoms with Gasteiger partial charge in [-0.05, 0) is 68.2 Å². The van der Waals surface area contributed by atoms with E-state index in [9.17, 15) is 4.39 Å². The molecule has 1 N–H and O–H groups in total. The van der Waals surface area contributed by atoms with Gasteiger partial charge in [0.15, 0.2) is 0 Å². The van der Waals surface area contributed by atoms with Gasteiger partial charge in [0.2, 0.25) is 0 Å². The van der Waals surface area contributed by atoms with Crippen LogP contribution in [0.15, 0.2) is 48.7 Å². The van der Waals surface area contributed by atoms with Crippen LogP contribution in [-0.2, 0) is 0 Å². The predicted molar refractivity (Wildman–Crippen MR) is 95.6 cm³/mol. The minimum absolute atomic E-state index is 0.223. The molecule has 0 atom stereocenters. The molecular weight excluding hydrogens is 321 g/mol. The summed E-state index contributed by atoms with van der Waals surface area (Å²) in [7, 11) is 0. The zero-order chi connectivity index (χ0) is 16.4. The van der Waals surface area contributed by atoms with Crippen molar-refractivity contribution in [3.05, 3.63) is 59.4 Å². The van der Waals surface area contributed by atoms with Crippen LogP contribution in [0.2, 0.25) is 0 Å². The molecule has 0 unspecified atom stereocenters. The van der Waals surface area contributed by atoms with Crippen molar-refractivity contribution in [2.45, 2.75) is 18.8 Å². The van der Waals surface area contributed by atoms with Gasteiger partial charge in [-0.15, -0.1) is 11.3 Å². The highest BCUT2D eigenvalue weighted by molar-refractivity contribution is 7.15. The molecule has 3 aromatic rings. The SMILES string of the molecule is Fc1ccc(-c2nc(-c3ccccn3)c(C3CCNCC3)s2)cc1. The molecule has 4 rings (SSSR count). The molecular formula is C19H18FN3S. The van der Waals surface area contributed by atoms with Crippen molar-refractivity contribution in [1.29, 1.82) is 0 Å². The van der Waals surface area contributed by atoms with E-state index >= 15 is 0 Å². The number of pyridine rings is 1. The highest BCUT2D eigenvalue weighted by Crippen LogP contribution is 2.40. The van der Waals surface area contributed by atoms with Crippen LogP contribution in [0.25, 0.3) is 22.0 Å². The van der Waals surface area contributed by atoms with Gasteiger partial charge in [-0.3, -0.25) is 4.98 Å². The predicted octanol–water partition coefficient (Wildman–Crippen LogP) is 4.48. The molecule has 24 heavy (non-hydrogen) atoms. The van der Waals surface area contributed by atoms with Gasteiger partial charge < -0.3 is 5.32 Å². The number of nitrogens with zero attached hydrogens (tertiary/aromatic N) is 2. The van der Waals surface area contributed by atoms with Crippen molar-refractivity contribution >= 4 is 11.3 Å². The fraction of sp³-hybridized carbons (Fsp3) is 0.263. The molecule has 2 aromatic heterocycles. The molecule has 0 amide bonds. The smallest absolute Gasteiger partial charge is 0.124 e. The summed E-state index contributed by atoms with van der Waals surface area (Å²) in [5.41, 5.74) is 2.85. The summed E-state index contributed by atoms with van der Waals surface area (Å²) < 4.78 is 13.2. The summed E-state index contributed by atoms with van der Waals surface area (Å²) in [6, 6.07) is 12.5. The summed E-state index contributed by atoms with van der Waals surface area (Å²) >= 11 is 1.72. The third-order valence-electron chi connectivity index (χ3n) is 4.36. The third-order valence-corrected chi connectivity index (χ3v) is 5.63. The quantitative estimate of drug-likeness (QED) is 0.764. The Bertz CT molecular complexity index is 808. The number of rotatable bonds is 3. The second-order valence-electron chi connectivity index (χ2n) is 5.98. The topological polar surface area (TPSA) is 37.8 Å². The number of aromatic nitrogens is 2. The van der Waals surface area contributed by atoms with Crippen LogP contribution in [0.1, 0.15) is 23.6 Å². The number of hydrogen-bond acceptors (Lipinski definition) is 4. The van der Waals surface area contributed by atoms with E-state index < -0.39 is 0 Å². The van der Waals surface area contributed by atoms with Crippen LogP contribution in [0, 0.1) is 5.82 Å². The standard InChI is InChI=1S/C19H18FN3S/c20-15-6-4-14(5-7-15)19-23-17(16-3-1-2-10-22-16)18(24-19)13-8-11-21-12-9-13/h1-7,10,13,21H,8-9,11-12H2. The molecule has 0 spiro atoms. The Labute approximate surface area is 144 Å². The number of piperidine rings is 1. The van der Waals surface area contributed by atoms with E-state index in [1.54, 1.807) is 29.7 Å². The summed E-state index contributed by atoms with van der Waals surface area (Å²) in [6.45, 7) is 2.08. The van der Waals surface area contributed by atoms with Crippen molar-refractivity contribution in [1.82, 2.24) is 15.3 Å². The van der Waals surface area contributed by atoms with Crippen LogP contribution in [0.4, 0.5) is 4.39 Å². The number of nitrogens with one attached hydrogen (secondary N) is 1. The zero-order valence-corrected chi connectivity index (χ0v) is 14.0. The maximum Gasteiger partial charge on any atom is 0.124 e. The molecule has 0 aliphatic carbocycles. The number of halogens is 1. The first kappa shape index (κ1) is 15.4. The van der Waals surface area contributed by atoms with E-state index in [1.165, 1.54) is 17.0 Å². The molecule has 3 nitrogen and oxygen atoms in total. The number of benzene rings is 1. The highest BCUT2D eigenvalue weighted by Gasteiger charge is 2.24. The minimum atomic E-state index is -0.223. The molecule has 1 aromatic carbocycles. The minimum Gasteiger partial charge on any atom is -0.317 e. The first-order valence-electron chi connectivity index (χ1n) is 8.20. The Kier molecular flexibility index (Phi) is 4.36. The Morgan fingerprint density at radius 2 is 1.83 bits per heavy atom. The maximum atomic E-state index is 13.2. The Morgan fingerprint density at radius 3 is 2.54 bits per heavy atom. The van der Waals surface area contributed by atoms with Crippen LogP contribution < -0.4 is 5.32 Å². The van der Waals surface area contributed by atoms with Gasteiger partial charge in [0.05, 0.1) is 5.69 Å². The van der Waals surface area contributed by atoms with E-state index in [2.05, 4.69) is 10.3 Å². The third kappa shape index (κ3) is 3.09.